The quantitative estimate of drug-likeness (QED) is 0.183. The summed E-state index contributed by atoms with van der Waals surface area (Å²) in [6.07, 6.45) is -0.839. The molecule has 2 heterocycles. The number of aliphatic imine (C=N–C) groups is 1. The highest BCUT2D eigenvalue weighted by molar-refractivity contribution is 5.80. The number of rotatable bonds is 8. The van der Waals surface area contributed by atoms with Crippen molar-refractivity contribution in [3.05, 3.63) is 70.9 Å². The third-order valence-corrected chi connectivity index (χ3v) is 5.09. The maximum atomic E-state index is 13.1. The highest BCUT2D eigenvalue weighted by Gasteiger charge is 2.32. The van der Waals surface area contributed by atoms with Gasteiger partial charge in [0.1, 0.15) is 12.5 Å². The number of benzene rings is 1. The van der Waals surface area contributed by atoms with Crippen LogP contribution in [0.15, 0.2) is 53.2 Å². The number of nitrogens with one attached hydrogen (secondary N) is 1. The molecule has 9 heteroatoms. The summed E-state index contributed by atoms with van der Waals surface area (Å²) >= 11 is 0. The van der Waals surface area contributed by atoms with Crippen LogP contribution in [-0.2, 0) is 6.42 Å². The topological polar surface area (TPSA) is 53.9 Å². The molecule has 4 nitrogen and oxygen atoms in total. The lowest BCUT2D eigenvalue weighted by Gasteiger charge is -2.08. The number of imidazole rings is 1. The lowest BCUT2D eigenvalue weighted by atomic mass is 9.99. The van der Waals surface area contributed by atoms with E-state index in [1.807, 2.05) is 32.0 Å². The maximum Gasteiger partial charge on any atom is 0.417 e. The molecule has 174 valence electrons. The number of aromatic nitrogens is 3. The molecule has 0 bridgehead atoms. The minimum Gasteiger partial charge on any atom is -0.341 e. The minimum atomic E-state index is -4.61. The van der Waals surface area contributed by atoms with Crippen molar-refractivity contribution < 1.29 is 22.0 Å². The summed E-state index contributed by atoms with van der Waals surface area (Å²) in [7, 11) is 0. The normalized spacial score (nSPS) is 12.6. The lowest BCUT2D eigenvalue weighted by Crippen LogP contribution is -2.13. The van der Waals surface area contributed by atoms with E-state index < -0.39 is 24.4 Å². The molecule has 2 aromatic heterocycles. The first-order valence-corrected chi connectivity index (χ1v) is 10.3. The number of aryl methyl sites for hydroxylation is 3. The van der Waals surface area contributed by atoms with Gasteiger partial charge in [-0.05, 0) is 62.1 Å². The van der Waals surface area contributed by atoms with E-state index in [0.717, 1.165) is 28.1 Å². The van der Waals surface area contributed by atoms with E-state index in [1.54, 1.807) is 6.07 Å². The average Bonchev–Trinajstić information content (AvgIpc) is 3.15. The molecular formula is C24H23F5N4. The highest BCUT2D eigenvalue weighted by atomic mass is 19.4. The van der Waals surface area contributed by atoms with Crippen molar-refractivity contribution in [1.82, 2.24) is 15.0 Å². The number of pyridine rings is 1. The summed E-state index contributed by atoms with van der Waals surface area (Å²) < 4.78 is 63.4. The summed E-state index contributed by atoms with van der Waals surface area (Å²) in [5, 5.41) is 0. The Hall–Kier alpha value is -3.36. The van der Waals surface area contributed by atoms with Gasteiger partial charge in [0.15, 0.2) is 0 Å². The van der Waals surface area contributed by atoms with Crippen LogP contribution in [0.1, 0.15) is 23.2 Å². The molecule has 33 heavy (non-hydrogen) atoms. The van der Waals surface area contributed by atoms with Crippen molar-refractivity contribution in [3.8, 4) is 22.6 Å². The van der Waals surface area contributed by atoms with Crippen LogP contribution in [0.25, 0.3) is 22.6 Å². The molecule has 0 radical (unpaired) electrons. The highest BCUT2D eigenvalue weighted by Crippen LogP contribution is 2.28. The first kappa shape index (κ1) is 24.3. The Bertz CT molecular complexity index is 1140. The van der Waals surface area contributed by atoms with Gasteiger partial charge in [0.25, 0.3) is 0 Å². The van der Waals surface area contributed by atoms with Gasteiger partial charge < -0.3 is 4.98 Å². The maximum absolute atomic E-state index is 13.1. The fourth-order valence-electron chi connectivity index (χ4n) is 3.37. The van der Waals surface area contributed by atoms with E-state index >= 15 is 0 Å². The number of aromatic amines is 1. The molecule has 1 N–H and O–H groups in total. The van der Waals surface area contributed by atoms with E-state index in [4.69, 9.17) is 0 Å². The Morgan fingerprint density at radius 2 is 1.88 bits per heavy atom. The number of hydrogen-bond donors (Lipinski definition) is 1. The van der Waals surface area contributed by atoms with E-state index in [0.29, 0.717) is 36.5 Å². The van der Waals surface area contributed by atoms with Crippen molar-refractivity contribution in [2.75, 3.05) is 13.2 Å². The molecule has 0 amide bonds. The zero-order valence-corrected chi connectivity index (χ0v) is 18.2. The van der Waals surface area contributed by atoms with Crippen LogP contribution in [0.4, 0.5) is 22.0 Å². The number of halogens is 5. The summed E-state index contributed by atoms with van der Waals surface area (Å²) in [6.45, 7) is 2.87. The molecule has 3 aromatic rings. The molecule has 0 aliphatic rings. The fraction of sp³-hybridized carbons (Fsp3) is 0.292. The zero-order chi connectivity index (χ0) is 24.0. The van der Waals surface area contributed by atoms with E-state index in [1.165, 1.54) is 12.3 Å². The molecule has 3 rings (SSSR count). The largest absolute Gasteiger partial charge is 0.417 e. The molecule has 1 aromatic carbocycles. The van der Waals surface area contributed by atoms with Crippen LogP contribution in [0, 0.1) is 19.8 Å². The summed E-state index contributed by atoms with van der Waals surface area (Å²) in [5.74, 6) is 0.0331. The van der Waals surface area contributed by atoms with Gasteiger partial charge >= 0.3 is 6.18 Å². The number of H-pyrrole nitrogens is 1. The van der Waals surface area contributed by atoms with Crippen LogP contribution in [0.2, 0.25) is 0 Å². The van der Waals surface area contributed by atoms with E-state index in [-0.39, 0.29) is 6.54 Å². The fourth-order valence-corrected chi connectivity index (χ4v) is 3.37. The third-order valence-electron chi connectivity index (χ3n) is 5.09. The molecule has 0 saturated heterocycles. The summed E-state index contributed by atoms with van der Waals surface area (Å²) in [4.78, 5) is 15.3. The van der Waals surface area contributed by atoms with Crippen molar-refractivity contribution in [2.24, 2.45) is 4.99 Å². The molecule has 0 saturated carbocycles. The van der Waals surface area contributed by atoms with Crippen molar-refractivity contribution in [2.45, 2.75) is 32.9 Å². The van der Waals surface area contributed by atoms with Crippen molar-refractivity contribution >= 4 is 6.21 Å². The van der Waals surface area contributed by atoms with Gasteiger partial charge in [0, 0.05) is 35.8 Å². The predicted molar refractivity (Wildman–Crippen MR) is 118 cm³/mol. The first-order chi connectivity index (χ1) is 15.7. The van der Waals surface area contributed by atoms with Crippen molar-refractivity contribution in [3.63, 3.8) is 0 Å². The van der Waals surface area contributed by atoms with Gasteiger partial charge in [-0.1, -0.05) is 12.1 Å². The standard InChI is InChI=1S/C24H23F5N4/c1-15-12-18(22-16(2)32-23(33-22)19-7-8-21(26)31-13-19)6-5-17(15)4-3-11-30-14-20(9-10-25)24(27,28)29/h5-9,12-14H,3-4,10-11H2,1-2H3,(H,32,33)/b20-9+,30-14?. The molecule has 0 aliphatic carbocycles. The zero-order valence-electron chi connectivity index (χ0n) is 18.2. The number of hydrogen-bond acceptors (Lipinski definition) is 3. The smallest absolute Gasteiger partial charge is 0.341 e. The SMILES string of the molecule is Cc1cc(-c2nc(-c3ccc(F)nc3)[nH]c2C)ccc1CCCN=C/C(=C\CF)C(F)(F)F. The summed E-state index contributed by atoms with van der Waals surface area (Å²) in [5.41, 5.74) is 4.23. The van der Waals surface area contributed by atoms with Crippen LogP contribution in [0.5, 0.6) is 0 Å². The second kappa shape index (κ2) is 10.5. The number of allylic oxidation sites excluding steroid dienone is 2. The van der Waals surface area contributed by atoms with Gasteiger partial charge in [0.05, 0.1) is 11.3 Å². The Morgan fingerprint density at radius 3 is 2.52 bits per heavy atom. The Balaban J connectivity index is 1.65. The Morgan fingerprint density at radius 1 is 1.12 bits per heavy atom. The van der Waals surface area contributed by atoms with Gasteiger partial charge in [-0.3, -0.25) is 4.99 Å². The second-order valence-corrected chi connectivity index (χ2v) is 7.52. The van der Waals surface area contributed by atoms with Gasteiger partial charge in [-0.2, -0.15) is 17.6 Å². The average molecular weight is 462 g/mol. The summed E-state index contributed by atoms with van der Waals surface area (Å²) in [6, 6.07) is 8.78. The van der Waals surface area contributed by atoms with Gasteiger partial charge in [-0.15, -0.1) is 0 Å². The van der Waals surface area contributed by atoms with Crippen molar-refractivity contribution in [1.29, 1.82) is 0 Å². The predicted octanol–water partition coefficient (Wildman–Crippen LogP) is 6.36. The van der Waals surface area contributed by atoms with E-state index in [2.05, 4.69) is 19.9 Å². The molecule has 0 unspecified atom stereocenters. The van der Waals surface area contributed by atoms with Crippen LogP contribution in [0.3, 0.4) is 0 Å². The molecule has 0 fully saturated rings. The van der Waals surface area contributed by atoms with Gasteiger partial charge in [-0.25, -0.2) is 14.4 Å². The first-order valence-electron chi connectivity index (χ1n) is 10.3. The number of alkyl halides is 4. The van der Waals surface area contributed by atoms with Crippen LogP contribution in [-0.4, -0.2) is 40.6 Å². The Kier molecular flexibility index (Phi) is 7.73. The minimum absolute atomic E-state index is 0.203. The molecule has 0 atom stereocenters. The molecular weight excluding hydrogens is 439 g/mol. The van der Waals surface area contributed by atoms with Gasteiger partial charge in [0.2, 0.25) is 5.95 Å². The van der Waals surface area contributed by atoms with Crippen LogP contribution < -0.4 is 0 Å². The lowest BCUT2D eigenvalue weighted by molar-refractivity contribution is -0.0859. The second-order valence-electron chi connectivity index (χ2n) is 7.52. The van der Waals surface area contributed by atoms with Crippen LogP contribution >= 0.6 is 0 Å². The Labute approximate surface area is 188 Å². The third kappa shape index (κ3) is 6.34. The number of nitrogens with zero attached hydrogens (tertiary/aromatic N) is 3. The molecule has 0 spiro atoms. The van der Waals surface area contributed by atoms with E-state index in [9.17, 15) is 22.0 Å². The molecule has 0 aliphatic heterocycles. The monoisotopic (exact) mass is 462 g/mol.